The molecule has 0 spiro atoms. The first-order valence-corrected chi connectivity index (χ1v) is 6.14. The number of nitrogens with zero attached hydrogens (tertiary/aromatic N) is 1. The molecule has 0 N–H and O–H groups in total. The number of hydrogen-bond acceptors (Lipinski definition) is 3. The van der Waals surface area contributed by atoms with Crippen LogP contribution < -0.4 is 0 Å². The van der Waals surface area contributed by atoms with Gasteiger partial charge in [-0.1, -0.05) is 49.3 Å². The molecule has 2 aromatic rings. The second kappa shape index (κ2) is 3.80. The van der Waals surface area contributed by atoms with Crippen molar-refractivity contribution in [3.05, 3.63) is 41.7 Å². The molecule has 0 atom stereocenters. The minimum Gasteiger partial charge on any atom is -0.360 e. The van der Waals surface area contributed by atoms with E-state index in [1.165, 1.54) is 0 Å². The van der Waals surface area contributed by atoms with Gasteiger partial charge in [0.1, 0.15) is 11.5 Å². The highest BCUT2D eigenvalue weighted by molar-refractivity contribution is 6.03. The molecule has 1 aliphatic carbocycles. The fourth-order valence-electron chi connectivity index (χ4n) is 2.55. The van der Waals surface area contributed by atoms with E-state index in [0.717, 1.165) is 17.7 Å². The molecule has 0 radical (unpaired) electrons. The summed E-state index contributed by atoms with van der Waals surface area (Å²) in [5.74, 6) is 0.872. The number of Topliss-reactive ketones (excluding diaryl/α,β-unsaturated/α-hetero) is 1. The third kappa shape index (κ3) is 1.76. The van der Waals surface area contributed by atoms with Gasteiger partial charge in [-0.3, -0.25) is 4.79 Å². The number of aromatic nitrogens is 1. The molecule has 0 saturated heterocycles. The van der Waals surface area contributed by atoms with Gasteiger partial charge in [0.05, 0.1) is 5.56 Å². The average molecular weight is 241 g/mol. The number of rotatable bonds is 1. The first-order valence-electron chi connectivity index (χ1n) is 6.14. The van der Waals surface area contributed by atoms with Gasteiger partial charge in [0.25, 0.3) is 0 Å². The van der Waals surface area contributed by atoms with Crippen LogP contribution in [0.15, 0.2) is 34.9 Å². The molecule has 3 nitrogen and oxygen atoms in total. The maximum absolute atomic E-state index is 12.3. The maximum Gasteiger partial charge on any atom is 0.169 e. The van der Waals surface area contributed by atoms with Crippen LogP contribution in [0.5, 0.6) is 0 Å². The Labute approximate surface area is 106 Å². The smallest absolute Gasteiger partial charge is 0.169 e. The predicted octanol–water partition coefficient (Wildman–Crippen LogP) is 3.50. The third-order valence-corrected chi connectivity index (χ3v) is 3.37. The lowest BCUT2D eigenvalue weighted by molar-refractivity contribution is 0.0902. The van der Waals surface area contributed by atoms with E-state index in [-0.39, 0.29) is 11.2 Å². The van der Waals surface area contributed by atoms with Crippen LogP contribution in [-0.2, 0) is 6.42 Å². The Balaban J connectivity index is 2.12. The Morgan fingerprint density at radius 2 is 1.89 bits per heavy atom. The molecule has 0 amide bonds. The van der Waals surface area contributed by atoms with Gasteiger partial charge in [0, 0.05) is 18.4 Å². The molecule has 0 bridgehead atoms. The Hall–Kier alpha value is -1.90. The Bertz CT molecular complexity index is 596. The van der Waals surface area contributed by atoms with Gasteiger partial charge in [0.2, 0.25) is 0 Å². The third-order valence-electron chi connectivity index (χ3n) is 3.37. The van der Waals surface area contributed by atoms with E-state index in [1.807, 2.05) is 30.3 Å². The molecule has 0 aliphatic heterocycles. The van der Waals surface area contributed by atoms with E-state index in [9.17, 15) is 4.79 Å². The molecule has 1 aliphatic rings. The van der Waals surface area contributed by atoms with Crippen molar-refractivity contribution in [3.63, 3.8) is 0 Å². The molecular formula is C15H15NO2. The zero-order chi connectivity index (χ0) is 12.8. The average Bonchev–Trinajstić information content (AvgIpc) is 2.72. The van der Waals surface area contributed by atoms with Gasteiger partial charge in [-0.2, -0.15) is 0 Å². The van der Waals surface area contributed by atoms with Crippen LogP contribution in [0.2, 0.25) is 0 Å². The minimum atomic E-state index is -0.0302. The van der Waals surface area contributed by atoms with Crippen LogP contribution in [0.25, 0.3) is 11.3 Å². The minimum absolute atomic E-state index is 0.0302. The van der Waals surface area contributed by atoms with Gasteiger partial charge in [-0.15, -0.1) is 0 Å². The number of carbonyl (C=O) groups excluding carboxylic acids is 1. The number of benzene rings is 1. The number of fused-ring (bicyclic) bond motifs is 1. The zero-order valence-corrected chi connectivity index (χ0v) is 10.6. The highest BCUT2D eigenvalue weighted by atomic mass is 16.5. The first-order chi connectivity index (χ1) is 8.57. The molecule has 3 heteroatoms. The van der Waals surface area contributed by atoms with Crippen LogP contribution in [0, 0.1) is 5.41 Å². The Kier molecular flexibility index (Phi) is 2.37. The van der Waals surface area contributed by atoms with E-state index >= 15 is 0 Å². The highest BCUT2D eigenvalue weighted by Crippen LogP contribution is 2.38. The van der Waals surface area contributed by atoms with Crippen LogP contribution in [0.4, 0.5) is 0 Å². The van der Waals surface area contributed by atoms with Crippen LogP contribution in [0.3, 0.4) is 0 Å². The molecule has 92 valence electrons. The van der Waals surface area contributed by atoms with Crippen molar-refractivity contribution < 1.29 is 9.32 Å². The van der Waals surface area contributed by atoms with E-state index in [4.69, 9.17) is 4.52 Å². The molecule has 1 aromatic carbocycles. The SMILES string of the molecule is CC1(C)CC(=O)c2c(-c3ccccc3)noc2C1. The van der Waals surface area contributed by atoms with E-state index in [2.05, 4.69) is 19.0 Å². The highest BCUT2D eigenvalue weighted by Gasteiger charge is 2.36. The molecular weight excluding hydrogens is 226 g/mol. The summed E-state index contributed by atoms with van der Waals surface area (Å²) in [6, 6.07) is 9.72. The molecule has 1 heterocycles. The van der Waals surface area contributed by atoms with Gasteiger partial charge in [0.15, 0.2) is 5.78 Å². The Morgan fingerprint density at radius 3 is 2.61 bits per heavy atom. The van der Waals surface area contributed by atoms with Gasteiger partial charge >= 0.3 is 0 Å². The fourth-order valence-corrected chi connectivity index (χ4v) is 2.55. The van der Waals surface area contributed by atoms with E-state index in [0.29, 0.717) is 17.7 Å². The summed E-state index contributed by atoms with van der Waals surface area (Å²) in [6.07, 6.45) is 1.33. The van der Waals surface area contributed by atoms with Crippen molar-refractivity contribution in [1.82, 2.24) is 5.16 Å². The lowest BCUT2D eigenvalue weighted by atomic mass is 9.76. The van der Waals surface area contributed by atoms with Crippen molar-refractivity contribution in [2.75, 3.05) is 0 Å². The second-order valence-electron chi connectivity index (χ2n) is 5.64. The summed E-state index contributed by atoms with van der Waals surface area (Å²) < 4.78 is 5.38. The number of carbonyl (C=O) groups is 1. The molecule has 3 rings (SSSR count). The monoisotopic (exact) mass is 241 g/mol. The maximum atomic E-state index is 12.3. The normalized spacial score (nSPS) is 17.6. The van der Waals surface area contributed by atoms with Crippen molar-refractivity contribution >= 4 is 5.78 Å². The molecule has 1 aromatic heterocycles. The molecule has 0 fully saturated rings. The van der Waals surface area contributed by atoms with Crippen molar-refractivity contribution in [2.24, 2.45) is 5.41 Å². The van der Waals surface area contributed by atoms with Crippen LogP contribution >= 0.6 is 0 Å². The summed E-state index contributed by atoms with van der Waals surface area (Å²) in [5.41, 5.74) is 2.28. The first kappa shape index (κ1) is 11.2. The van der Waals surface area contributed by atoms with Crippen molar-refractivity contribution in [1.29, 1.82) is 0 Å². The quantitative estimate of drug-likeness (QED) is 0.767. The van der Waals surface area contributed by atoms with Crippen LogP contribution in [0.1, 0.15) is 36.4 Å². The largest absolute Gasteiger partial charge is 0.360 e. The lowest BCUT2D eigenvalue weighted by Gasteiger charge is -2.26. The summed E-state index contributed by atoms with van der Waals surface area (Å²) >= 11 is 0. The second-order valence-corrected chi connectivity index (χ2v) is 5.64. The number of hydrogen-bond donors (Lipinski definition) is 0. The topological polar surface area (TPSA) is 43.1 Å². The van der Waals surface area contributed by atoms with E-state index in [1.54, 1.807) is 0 Å². The van der Waals surface area contributed by atoms with Crippen molar-refractivity contribution in [3.8, 4) is 11.3 Å². The summed E-state index contributed by atoms with van der Waals surface area (Å²) in [7, 11) is 0. The summed E-state index contributed by atoms with van der Waals surface area (Å²) in [6.45, 7) is 4.16. The molecule has 18 heavy (non-hydrogen) atoms. The van der Waals surface area contributed by atoms with Crippen molar-refractivity contribution in [2.45, 2.75) is 26.7 Å². The molecule has 0 unspecified atom stereocenters. The predicted molar refractivity (Wildman–Crippen MR) is 68.4 cm³/mol. The fraction of sp³-hybridized carbons (Fsp3) is 0.333. The van der Waals surface area contributed by atoms with Gasteiger partial charge in [-0.05, 0) is 5.41 Å². The number of ketones is 1. The van der Waals surface area contributed by atoms with Crippen LogP contribution in [-0.4, -0.2) is 10.9 Å². The van der Waals surface area contributed by atoms with E-state index < -0.39 is 0 Å². The lowest BCUT2D eigenvalue weighted by Crippen LogP contribution is -2.26. The standard InChI is InChI=1S/C15H15NO2/c1-15(2)8-11(17)13-12(9-15)18-16-14(13)10-6-4-3-5-7-10/h3-7H,8-9H2,1-2H3. The molecule has 0 saturated carbocycles. The Morgan fingerprint density at radius 1 is 1.17 bits per heavy atom. The summed E-state index contributed by atoms with van der Waals surface area (Å²) in [5, 5.41) is 4.09. The van der Waals surface area contributed by atoms with Gasteiger partial charge < -0.3 is 4.52 Å². The zero-order valence-electron chi connectivity index (χ0n) is 10.6. The van der Waals surface area contributed by atoms with Gasteiger partial charge in [-0.25, -0.2) is 0 Å². The summed E-state index contributed by atoms with van der Waals surface area (Å²) in [4.78, 5) is 12.3.